The molecule has 4 nitrogen and oxygen atoms in total. The third-order valence-corrected chi connectivity index (χ3v) is 4.50. The van der Waals surface area contributed by atoms with E-state index < -0.39 is 4.92 Å². The number of nitro groups is 1. The van der Waals surface area contributed by atoms with Crippen molar-refractivity contribution in [3.8, 4) is 0 Å². The van der Waals surface area contributed by atoms with Gasteiger partial charge in [-0.25, -0.2) is 0 Å². The van der Waals surface area contributed by atoms with Crippen molar-refractivity contribution in [3.05, 3.63) is 73.6 Å². The Morgan fingerprint density at radius 1 is 1.19 bits per heavy atom. The van der Waals surface area contributed by atoms with Gasteiger partial charge in [-0.2, -0.15) is 0 Å². The van der Waals surface area contributed by atoms with Crippen LogP contribution in [0.1, 0.15) is 15.9 Å². The summed E-state index contributed by atoms with van der Waals surface area (Å²) in [4.78, 5) is 24.0. The lowest BCUT2D eigenvalue weighted by Gasteiger charge is -2.00. The van der Waals surface area contributed by atoms with Crippen LogP contribution in [-0.2, 0) is 0 Å². The Hall–Kier alpha value is -2.11. The topological polar surface area (TPSA) is 60.2 Å². The Bertz CT molecular complexity index is 801. The molecule has 6 heteroatoms. The second kappa shape index (κ2) is 5.35. The van der Waals surface area contributed by atoms with E-state index in [1.807, 2.05) is 12.1 Å². The quantitative estimate of drug-likeness (QED) is 0.462. The summed E-state index contributed by atoms with van der Waals surface area (Å²) in [5.41, 5.74) is 1.06. The second-order valence-electron chi connectivity index (χ2n) is 4.40. The van der Waals surface area contributed by atoms with Crippen LogP contribution in [0.2, 0.25) is 5.02 Å². The zero-order valence-corrected chi connectivity index (χ0v) is 12.1. The molecule has 0 bridgehead atoms. The van der Waals surface area contributed by atoms with Crippen molar-refractivity contribution in [2.24, 2.45) is 0 Å². The number of hydrogen-bond donors (Lipinski definition) is 0. The number of rotatable bonds is 2. The van der Waals surface area contributed by atoms with E-state index in [2.05, 4.69) is 0 Å². The average Bonchev–Trinajstić information content (AvgIpc) is 2.78. The molecule has 0 saturated carbocycles. The van der Waals surface area contributed by atoms with E-state index in [1.54, 1.807) is 18.2 Å². The molecule has 1 heterocycles. The van der Waals surface area contributed by atoms with Gasteiger partial charge in [0.05, 0.1) is 9.83 Å². The van der Waals surface area contributed by atoms with E-state index in [0.29, 0.717) is 21.1 Å². The Morgan fingerprint density at radius 3 is 2.67 bits per heavy atom. The molecule has 0 radical (unpaired) electrons. The molecule has 0 atom stereocenters. The van der Waals surface area contributed by atoms with Gasteiger partial charge in [-0.15, -0.1) is 0 Å². The second-order valence-corrected chi connectivity index (χ2v) is 5.89. The number of nitro benzene ring substituents is 1. The highest BCUT2D eigenvalue weighted by atomic mass is 35.5. The van der Waals surface area contributed by atoms with Gasteiger partial charge in [0, 0.05) is 33.2 Å². The highest BCUT2D eigenvalue weighted by Gasteiger charge is 2.25. The van der Waals surface area contributed by atoms with Crippen molar-refractivity contribution in [1.82, 2.24) is 0 Å². The first-order chi connectivity index (χ1) is 10.1. The molecule has 0 fully saturated rings. The number of non-ortho nitro benzene ring substituents is 1. The van der Waals surface area contributed by atoms with Crippen molar-refractivity contribution in [2.75, 3.05) is 0 Å². The molecule has 3 rings (SSSR count). The Balaban J connectivity index is 2.03. The summed E-state index contributed by atoms with van der Waals surface area (Å²) >= 11 is 7.40. The lowest BCUT2D eigenvalue weighted by molar-refractivity contribution is -0.384. The molecule has 104 valence electrons. The summed E-state index contributed by atoms with van der Waals surface area (Å²) in [7, 11) is 0. The van der Waals surface area contributed by atoms with Gasteiger partial charge in [0.25, 0.3) is 5.69 Å². The summed E-state index contributed by atoms with van der Waals surface area (Å²) in [5, 5.41) is 11.2. The fourth-order valence-electron chi connectivity index (χ4n) is 2.03. The minimum absolute atomic E-state index is 0.0563. The lowest BCUT2D eigenvalue weighted by atomic mass is 10.1. The maximum Gasteiger partial charge on any atom is 0.270 e. The van der Waals surface area contributed by atoms with Crippen molar-refractivity contribution in [2.45, 2.75) is 4.90 Å². The highest BCUT2D eigenvalue weighted by Crippen LogP contribution is 2.41. The van der Waals surface area contributed by atoms with Crippen LogP contribution in [0.5, 0.6) is 0 Å². The zero-order chi connectivity index (χ0) is 15.0. The molecular formula is C15H8ClNO3S. The van der Waals surface area contributed by atoms with Gasteiger partial charge in [0.2, 0.25) is 5.78 Å². The van der Waals surface area contributed by atoms with Crippen molar-refractivity contribution < 1.29 is 9.72 Å². The van der Waals surface area contributed by atoms with E-state index in [-0.39, 0.29) is 11.5 Å². The van der Waals surface area contributed by atoms with E-state index in [1.165, 1.54) is 30.0 Å². The largest absolute Gasteiger partial charge is 0.288 e. The molecule has 0 spiro atoms. The number of carbonyl (C=O) groups is 1. The lowest BCUT2D eigenvalue weighted by Crippen LogP contribution is -1.94. The third-order valence-electron chi connectivity index (χ3n) is 3.05. The molecule has 0 unspecified atom stereocenters. The molecule has 0 amide bonds. The summed E-state index contributed by atoms with van der Waals surface area (Å²) < 4.78 is 0. The van der Waals surface area contributed by atoms with E-state index >= 15 is 0 Å². The summed E-state index contributed by atoms with van der Waals surface area (Å²) in [6, 6.07) is 11.5. The van der Waals surface area contributed by atoms with Crippen LogP contribution >= 0.6 is 23.4 Å². The molecule has 0 saturated heterocycles. The first-order valence-corrected chi connectivity index (χ1v) is 7.23. The Labute approximate surface area is 129 Å². The van der Waals surface area contributed by atoms with E-state index in [9.17, 15) is 14.9 Å². The van der Waals surface area contributed by atoms with Gasteiger partial charge in [-0.3, -0.25) is 14.9 Å². The van der Waals surface area contributed by atoms with Gasteiger partial charge >= 0.3 is 0 Å². The number of ketones is 1. The molecule has 2 aromatic carbocycles. The van der Waals surface area contributed by atoms with Gasteiger partial charge < -0.3 is 0 Å². The molecule has 1 aliphatic rings. The number of allylic oxidation sites excluding steroid dienone is 1. The molecular weight excluding hydrogens is 310 g/mol. The standard InChI is InChI=1S/C15H8ClNO3S/c16-12-6-5-10(17(19)20)7-9(12)8-14-15(18)11-3-1-2-4-13(11)21-14/h1-8H/b14-8+. The molecule has 0 N–H and O–H groups in total. The maximum absolute atomic E-state index is 12.3. The zero-order valence-electron chi connectivity index (χ0n) is 10.6. The predicted molar refractivity (Wildman–Crippen MR) is 82.7 cm³/mol. The van der Waals surface area contributed by atoms with Crippen molar-refractivity contribution in [3.63, 3.8) is 0 Å². The van der Waals surface area contributed by atoms with E-state index in [0.717, 1.165) is 4.90 Å². The normalized spacial score (nSPS) is 15.3. The first-order valence-electron chi connectivity index (χ1n) is 6.03. The monoisotopic (exact) mass is 317 g/mol. The number of thioether (sulfide) groups is 1. The number of carbonyl (C=O) groups excluding carboxylic acids is 1. The van der Waals surface area contributed by atoms with Crippen LogP contribution in [0.3, 0.4) is 0 Å². The number of halogens is 1. The van der Waals surface area contributed by atoms with Crippen LogP contribution in [0.4, 0.5) is 5.69 Å². The number of benzene rings is 2. The third kappa shape index (κ3) is 2.57. The van der Waals surface area contributed by atoms with Crippen LogP contribution in [-0.4, -0.2) is 10.7 Å². The minimum atomic E-state index is -0.489. The SMILES string of the molecule is O=C1/C(=C\c2cc([N+](=O)[O-])ccc2Cl)Sc2ccccc21. The van der Waals surface area contributed by atoms with Gasteiger partial charge in [0.1, 0.15) is 0 Å². The average molecular weight is 318 g/mol. The fraction of sp³-hybridized carbons (Fsp3) is 0. The van der Waals surface area contributed by atoms with Gasteiger partial charge in [0.15, 0.2) is 0 Å². The predicted octanol–water partition coefficient (Wildman–Crippen LogP) is 4.58. The van der Waals surface area contributed by atoms with E-state index in [4.69, 9.17) is 11.6 Å². The Morgan fingerprint density at radius 2 is 1.95 bits per heavy atom. The molecule has 2 aromatic rings. The van der Waals surface area contributed by atoms with Gasteiger partial charge in [-0.05, 0) is 24.3 Å². The van der Waals surface area contributed by atoms with Crippen molar-refractivity contribution in [1.29, 1.82) is 0 Å². The van der Waals surface area contributed by atoms with Crippen LogP contribution in [0, 0.1) is 10.1 Å². The van der Waals surface area contributed by atoms with Gasteiger partial charge in [-0.1, -0.05) is 35.5 Å². The maximum atomic E-state index is 12.3. The molecule has 1 aliphatic heterocycles. The number of hydrogen-bond acceptors (Lipinski definition) is 4. The Kier molecular flexibility index (Phi) is 3.53. The fourth-order valence-corrected chi connectivity index (χ4v) is 3.25. The number of fused-ring (bicyclic) bond motifs is 1. The smallest absolute Gasteiger partial charge is 0.270 e. The number of nitrogens with zero attached hydrogens (tertiary/aromatic N) is 1. The van der Waals surface area contributed by atoms with Crippen molar-refractivity contribution >= 4 is 40.9 Å². The molecule has 0 aliphatic carbocycles. The van der Waals surface area contributed by atoms with Crippen LogP contribution in [0.15, 0.2) is 52.3 Å². The van der Waals surface area contributed by atoms with Crippen LogP contribution in [0.25, 0.3) is 6.08 Å². The number of Topliss-reactive ketones (excluding diaryl/α,β-unsaturated/α-hetero) is 1. The highest BCUT2D eigenvalue weighted by molar-refractivity contribution is 8.04. The molecule has 21 heavy (non-hydrogen) atoms. The summed E-state index contributed by atoms with van der Waals surface area (Å²) in [6.07, 6.45) is 1.60. The summed E-state index contributed by atoms with van der Waals surface area (Å²) in [6.45, 7) is 0. The molecule has 0 aromatic heterocycles. The summed E-state index contributed by atoms with van der Waals surface area (Å²) in [5.74, 6) is -0.0850. The van der Waals surface area contributed by atoms with Crippen LogP contribution < -0.4 is 0 Å². The first kappa shape index (κ1) is 13.9. The minimum Gasteiger partial charge on any atom is -0.288 e.